The Morgan fingerprint density at radius 3 is 0.357 bits per heavy atom. The molecular weight excluding hydrogens is 336 g/mol. The van der Waals surface area contributed by atoms with Gasteiger partial charge in [-0.25, -0.2) is 0 Å². The van der Waals surface area contributed by atoms with E-state index in [1.165, 1.54) is 38.5 Å². The molecule has 0 nitrogen and oxygen atoms in total. The zero-order valence-corrected chi connectivity index (χ0v) is 23.7. The fourth-order valence-corrected chi connectivity index (χ4v) is 1.45. The van der Waals surface area contributed by atoms with E-state index in [2.05, 4.69) is 0 Å². The smallest absolute Gasteiger partial charge is 0.0533 e. The normalized spacial score (nSPS) is 8.57. The number of benzene rings is 1. The molecule has 1 fully saturated rings. The molecule has 0 bridgehead atoms. The highest BCUT2D eigenvalue weighted by Crippen LogP contribution is 2.15. The van der Waals surface area contributed by atoms with Gasteiger partial charge in [0, 0.05) is 0 Å². The van der Waals surface area contributed by atoms with Gasteiger partial charge in [0.15, 0.2) is 0 Å². The van der Waals surface area contributed by atoms with E-state index in [0.29, 0.717) is 0 Å². The zero-order chi connectivity index (χ0) is 24.5. The average Bonchev–Trinajstić information content (AvgIpc) is 2.91. The van der Waals surface area contributed by atoms with Crippen molar-refractivity contribution in [3.8, 4) is 0 Å². The number of hydrogen-bond acceptors (Lipinski definition) is 0. The molecule has 1 aliphatic carbocycles. The molecule has 0 heterocycles. The Morgan fingerprint density at radius 2 is 0.286 bits per heavy atom. The molecule has 0 saturated heterocycles. The maximum absolute atomic E-state index is 2.00. The lowest BCUT2D eigenvalue weighted by Gasteiger charge is -2.05. The minimum atomic E-state index is 1.50. The van der Waals surface area contributed by atoms with E-state index >= 15 is 0 Å². The molecule has 0 amide bonds. The Bertz CT molecular complexity index is 124. The van der Waals surface area contributed by atoms with Crippen molar-refractivity contribution in [3.63, 3.8) is 0 Å². The number of hydrogen-bond donors (Lipinski definition) is 0. The van der Waals surface area contributed by atoms with Crippen LogP contribution in [0, 0.1) is 0 Å². The lowest BCUT2D eigenvalue weighted by Crippen LogP contribution is -1.85. The molecule has 1 saturated carbocycles. The van der Waals surface area contributed by atoms with Crippen LogP contribution in [-0.4, -0.2) is 0 Å². The molecule has 0 aliphatic heterocycles. The van der Waals surface area contributed by atoms with Gasteiger partial charge in [-0.3, -0.25) is 0 Å². The van der Waals surface area contributed by atoms with Gasteiger partial charge < -0.3 is 0 Å². The highest BCUT2D eigenvalue weighted by molar-refractivity contribution is 4.99. The SMILES string of the molecule is C1CCCCC1.CC.CC.CC.CC.CC.CC.CC.CC.c1ccccc1. The summed E-state index contributed by atoms with van der Waals surface area (Å²) in [6.07, 6.45) is 9.00. The third kappa shape index (κ3) is 118. The van der Waals surface area contributed by atoms with Gasteiger partial charge in [0.25, 0.3) is 0 Å². The first-order valence-corrected chi connectivity index (χ1v) is 13.0. The van der Waals surface area contributed by atoms with Crippen LogP contribution in [0.5, 0.6) is 0 Å². The predicted molar refractivity (Wildman–Crippen MR) is 145 cm³/mol. The second kappa shape index (κ2) is 132. The molecule has 178 valence electrons. The molecule has 0 aromatic heterocycles. The highest BCUT2D eigenvalue weighted by Gasteiger charge is 1.95. The van der Waals surface area contributed by atoms with Gasteiger partial charge in [-0.15, -0.1) is 0 Å². The quantitative estimate of drug-likeness (QED) is 0.404. The molecular formula is C28H66. The van der Waals surface area contributed by atoms with Crippen molar-refractivity contribution >= 4 is 0 Å². The molecule has 2 rings (SSSR count). The van der Waals surface area contributed by atoms with Crippen LogP contribution in [0.4, 0.5) is 0 Å². The minimum absolute atomic E-state index is 1.50. The van der Waals surface area contributed by atoms with Crippen molar-refractivity contribution < 1.29 is 0 Å². The van der Waals surface area contributed by atoms with E-state index in [-0.39, 0.29) is 0 Å². The van der Waals surface area contributed by atoms with Crippen LogP contribution in [0.2, 0.25) is 0 Å². The van der Waals surface area contributed by atoms with Crippen LogP contribution < -0.4 is 0 Å². The molecule has 1 aromatic rings. The molecule has 0 unspecified atom stereocenters. The third-order valence-electron chi connectivity index (χ3n) is 2.17. The summed E-state index contributed by atoms with van der Waals surface area (Å²) in [5.41, 5.74) is 0. The summed E-state index contributed by atoms with van der Waals surface area (Å²) in [4.78, 5) is 0. The first kappa shape index (κ1) is 50.7. The lowest BCUT2D eigenvalue weighted by molar-refractivity contribution is 0.504. The van der Waals surface area contributed by atoms with Crippen LogP contribution in [0.3, 0.4) is 0 Å². The van der Waals surface area contributed by atoms with E-state index in [1.807, 2.05) is 147 Å². The molecule has 0 radical (unpaired) electrons. The molecule has 0 N–H and O–H groups in total. The van der Waals surface area contributed by atoms with Gasteiger partial charge in [0.1, 0.15) is 0 Å². The second-order valence-corrected chi connectivity index (χ2v) is 3.28. The zero-order valence-electron chi connectivity index (χ0n) is 23.7. The summed E-state index contributed by atoms with van der Waals surface area (Å²) in [6.45, 7) is 32.0. The summed E-state index contributed by atoms with van der Waals surface area (Å²) in [5.74, 6) is 0. The molecule has 1 aliphatic rings. The van der Waals surface area contributed by atoms with Crippen molar-refractivity contribution in [1.29, 1.82) is 0 Å². The predicted octanol–water partition coefficient (Wildman–Crippen LogP) is 12.2. The fourth-order valence-electron chi connectivity index (χ4n) is 1.45. The Labute approximate surface area is 186 Å². The molecule has 0 heteroatoms. The Kier molecular flexibility index (Phi) is 240. The first-order valence-electron chi connectivity index (χ1n) is 13.0. The van der Waals surface area contributed by atoms with Crippen LogP contribution in [0.15, 0.2) is 36.4 Å². The van der Waals surface area contributed by atoms with Gasteiger partial charge in [-0.05, 0) is 0 Å². The summed E-state index contributed by atoms with van der Waals surface area (Å²) in [7, 11) is 0. The second-order valence-electron chi connectivity index (χ2n) is 3.28. The van der Waals surface area contributed by atoms with Crippen molar-refractivity contribution in [1.82, 2.24) is 0 Å². The number of rotatable bonds is 0. The topological polar surface area (TPSA) is 0 Å². The lowest BCUT2D eigenvalue weighted by atomic mass is 10.0. The Hall–Kier alpha value is -0.780. The van der Waals surface area contributed by atoms with E-state index in [1.54, 1.807) is 0 Å². The van der Waals surface area contributed by atoms with Crippen molar-refractivity contribution in [3.05, 3.63) is 36.4 Å². The third-order valence-corrected chi connectivity index (χ3v) is 2.17. The minimum Gasteiger partial charge on any atom is -0.0683 e. The van der Waals surface area contributed by atoms with Crippen LogP contribution in [0.25, 0.3) is 0 Å². The van der Waals surface area contributed by atoms with Crippen LogP contribution in [-0.2, 0) is 0 Å². The first-order chi connectivity index (χ1) is 14.0. The Balaban J connectivity index is -0.0000000284. The van der Waals surface area contributed by atoms with E-state index < -0.39 is 0 Å². The van der Waals surface area contributed by atoms with Crippen LogP contribution in [0.1, 0.15) is 149 Å². The van der Waals surface area contributed by atoms with E-state index in [9.17, 15) is 0 Å². The molecule has 28 heavy (non-hydrogen) atoms. The monoisotopic (exact) mass is 403 g/mol. The van der Waals surface area contributed by atoms with Crippen LogP contribution >= 0.6 is 0 Å². The highest BCUT2D eigenvalue weighted by atomic mass is 14.0. The summed E-state index contributed by atoms with van der Waals surface area (Å²) >= 11 is 0. The standard InChI is InChI=1S/C6H12.C6H6.8C2H6/c2*1-2-4-6-5-3-1;8*1-2/h1-6H2;1-6H;8*1-2H3. The van der Waals surface area contributed by atoms with Gasteiger partial charge in [0.2, 0.25) is 0 Å². The van der Waals surface area contributed by atoms with E-state index in [0.717, 1.165) is 0 Å². The maximum atomic E-state index is 2.00. The van der Waals surface area contributed by atoms with Gasteiger partial charge in [-0.1, -0.05) is 186 Å². The van der Waals surface area contributed by atoms with Crippen molar-refractivity contribution in [2.75, 3.05) is 0 Å². The van der Waals surface area contributed by atoms with Crippen molar-refractivity contribution in [2.45, 2.75) is 149 Å². The van der Waals surface area contributed by atoms with Crippen molar-refractivity contribution in [2.24, 2.45) is 0 Å². The largest absolute Gasteiger partial charge is 0.0683 e. The molecule has 0 atom stereocenters. The fraction of sp³-hybridized carbons (Fsp3) is 0.786. The van der Waals surface area contributed by atoms with E-state index in [4.69, 9.17) is 0 Å². The summed E-state index contributed by atoms with van der Waals surface area (Å²) in [5, 5.41) is 0. The maximum Gasteiger partial charge on any atom is -0.0533 e. The van der Waals surface area contributed by atoms with Gasteiger partial charge >= 0.3 is 0 Å². The molecule has 1 aromatic carbocycles. The Morgan fingerprint density at radius 1 is 0.214 bits per heavy atom. The average molecular weight is 403 g/mol. The molecule has 0 spiro atoms. The summed E-state index contributed by atoms with van der Waals surface area (Å²) in [6, 6.07) is 12.0. The summed E-state index contributed by atoms with van der Waals surface area (Å²) < 4.78 is 0. The van der Waals surface area contributed by atoms with Gasteiger partial charge in [-0.2, -0.15) is 0 Å². The van der Waals surface area contributed by atoms with Gasteiger partial charge in [0.05, 0.1) is 0 Å².